The predicted octanol–water partition coefficient (Wildman–Crippen LogP) is 3.66. The van der Waals surface area contributed by atoms with E-state index >= 15 is 0 Å². The highest BCUT2D eigenvalue weighted by atomic mass is 16.5. The first-order valence-electron chi connectivity index (χ1n) is 7.53. The van der Waals surface area contributed by atoms with Crippen LogP contribution in [0.3, 0.4) is 0 Å². The van der Waals surface area contributed by atoms with Crippen LogP contribution in [0.25, 0.3) is 10.8 Å². The molecule has 112 valence electrons. The molecule has 0 aromatic heterocycles. The molecule has 21 heavy (non-hydrogen) atoms. The number of esters is 1. The van der Waals surface area contributed by atoms with Crippen molar-refractivity contribution >= 4 is 16.7 Å². The summed E-state index contributed by atoms with van der Waals surface area (Å²) in [7, 11) is 1.44. The van der Waals surface area contributed by atoms with Crippen molar-refractivity contribution in [1.29, 1.82) is 0 Å². The van der Waals surface area contributed by atoms with E-state index in [1.807, 2.05) is 12.1 Å². The molecule has 2 aromatic carbocycles. The number of ether oxygens (including phenoxy) is 1. The molecule has 0 aliphatic rings. The average molecular weight is 285 g/mol. The number of unbranched alkanes of at least 4 members (excludes halogenated alkanes) is 1. The van der Waals surface area contributed by atoms with Gasteiger partial charge in [-0.3, -0.25) is 4.79 Å². The Balaban J connectivity index is 2.02. The number of methoxy groups -OCH3 is 1. The normalized spacial score (nSPS) is 12.3. The Kier molecular flexibility index (Phi) is 5.76. The quantitative estimate of drug-likeness (QED) is 0.789. The molecule has 0 heterocycles. The summed E-state index contributed by atoms with van der Waals surface area (Å²) in [5, 5.41) is 5.77. The Morgan fingerprint density at radius 3 is 2.67 bits per heavy atom. The maximum atomic E-state index is 11.8. The van der Waals surface area contributed by atoms with Gasteiger partial charge in [0.05, 0.1) is 7.11 Å². The van der Waals surface area contributed by atoms with Gasteiger partial charge in [0.2, 0.25) is 0 Å². The molecule has 0 saturated carbocycles. The van der Waals surface area contributed by atoms with Crippen LogP contribution in [-0.4, -0.2) is 19.1 Å². The van der Waals surface area contributed by atoms with Gasteiger partial charge < -0.3 is 10.1 Å². The third-order valence-corrected chi connectivity index (χ3v) is 3.70. The minimum atomic E-state index is -0.221. The van der Waals surface area contributed by atoms with Crippen LogP contribution in [0.5, 0.6) is 0 Å². The molecule has 0 radical (unpaired) electrons. The third kappa shape index (κ3) is 4.30. The molecular formula is C18H23NO2. The smallest absolute Gasteiger partial charge is 0.322 e. The number of hydrogen-bond acceptors (Lipinski definition) is 3. The summed E-state index contributed by atoms with van der Waals surface area (Å²) in [5.41, 5.74) is 1.18. The SMILES string of the molecule is CCCCC(NCc1ccc2ccccc2c1)C(=O)OC. The largest absolute Gasteiger partial charge is 0.468 e. The van der Waals surface area contributed by atoms with E-state index < -0.39 is 0 Å². The highest BCUT2D eigenvalue weighted by Crippen LogP contribution is 2.16. The van der Waals surface area contributed by atoms with E-state index in [9.17, 15) is 4.79 Å². The van der Waals surface area contributed by atoms with Gasteiger partial charge in [-0.1, -0.05) is 56.2 Å². The molecule has 0 aliphatic carbocycles. The van der Waals surface area contributed by atoms with Crippen LogP contribution in [0, 0.1) is 0 Å². The molecule has 0 spiro atoms. The number of fused-ring (bicyclic) bond motifs is 1. The van der Waals surface area contributed by atoms with Crippen molar-refractivity contribution in [2.24, 2.45) is 0 Å². The summed E-state index contributed by atoms with van der Waals surface area (Å²) in [5.74, 6) is -0.177. The maximum absolute atomic E-state index is 11.8. The number of carbonyl (C=O) groups is 1. The summed E-state index contributed by atoms with van der Waals surface area (Å²) >= 11 is 0. The fourth-order valence-corrected chi connectivity index (χ4v) is 2.44. The van der Waals surface area contributed by atoms with E-state index in [0.717, 1.165) is 19.3 Å². The van der Waals surface area contributed by atoms with E-state index in [1.54, 1.807) is 0 Å². The van der Waals surface area contributed by atoms with E-state index in [0.29, 0.717) is 6.54 Å². The summed E-state index contributed by atoms with van der Waals surface area (Å²) in [6, 6.07) is 14.4. The second-order valence-electron chi connectivity index (χ2n) is 5.28. The zero-order valence-corrected chi connectivity index (χ0v) is 12.8. The second kappa shape index (κ2) is 7.79. The minimum Gasteiger partial charge on any atom is -0.468 e. The summed E-state index contributed by atoms with van der Waals surface area (Å²) in [4.78, 5) is 11.8. The van der Waals surface area contributed by atoms with Crippen molar-refractivity contribution in [3.8, 4) is 0 Å². The molecule has 0 fully saturated rings. The van der Waals surface area contributed by atoms with Crippen LogP contribution >= 0.6 is 0 Å². The van der Waals surface area contributed by atoms with E-state index in [1.165, 1.54) is 23.4 Å². The first-order chi connectivity index (χ1) is 10.2. The molecule has 0 aliphatic heterocycles. The van der Waals surface area contributed by atoms with Crippen LogP contribution in [0.2, 0.25) is 0 Å². The van der Waals surface area contributed by atoms with Crippen molar-refractivity contribution in [2.75, 3.05) is 7.11 Å². The Labute approximate surface area is 126 Å². The Bertz CT molecular complexity index is 595. The lowest BCUT2D eigenvalue weighted by molar-refractivity contribution is -0.143. The molecule has 1 unspecified atom stereocenters. The Hall–Kier alpha value is -1.87. The fraction of sp³-hybridized carbons (Fsp3) is 0.389. The van der Waals surface area contributed by atoms with Gasteiger partial charge in [-0.15, -0.1) is 0 Å². The predicted molar refractivity (Wildman–Crippen MR) is 86.1 cm³/mol. The first kappa shape index (κ1) is 15.5. The molecule has 3 heteroatoms. The van der Waals surface area contributed by atoms with Gasteiger partial charge in [0.15, 0.2) is 0 Å². The topological polar surface area (TPSA) is 38.3 Å². The summed E-state index contributed by atoms with van der Waals surface area (Å²) < 4.78 is 4.87. The average Bonchev–Trinajstić information content (AvgIpc) is 2.54. The van der Waals surface area contributed by atoms with Gasteiger partial charge in [0, 0.05) is 6.54 Å². The second-order valence-corrected chi connectivity index (χ2v) is 5.28. The Morgan fingerprint density at radius 1 is 1.19 bits per heavy atom. The van der Waals surface area contributed by atoms with Crippen LogP contribution in [0.4, 0.5) is 0 Å². The lowest BCUT2D eigenvalue weighted by Crippen LogP contribution is -2.37. The number of rotatable bonds is 7. The molecule has 1 atom stereocenters. The molecule has 1 N–H and O–H groups in total. The first-order valence-corrected chi connectivity index (χ1v) is 7.53. The molecule has 3 nitrogen and oxygen atoms in total. The van der Waals surface area contributed by atoms with E-state index in [-0.39, 0.29) is 12.0 Å². The zero-order chi connectivity index (χ0) is 15.1. The number of nitrogens with one attached hydrogen (secondary N) is 1. The standard InChI is InChI=1S/C18H23NO2/c1-3-4-9-17(18(20)21-2)19-13-14-10-11-15-7-5-6-8-16(15)12-14/h5-8,10-12,17,19H,3-4,9,13H2,1-2H3. The maximum Gasteiger partial charge on any atom is 0.322 e. The van der Waals surface area contributed by atoms with Crippen molar-refractivity contribution in [3.63, 3.8) is 0 Å². The zero-order valence-electron chi connectivity index (χ0n) is 12.8. The van der Waals surface area contributed by atoms with Crippen LogP contribution in [0.15, 0.2) is 42.5 Å². The number of benzene rings is 2. The molecule has 0 saturated heterocycles. The van der Waals surface area contributed by atoms with Gasteiger partial charge in [-0.25, -0.2) is 0 Å². The molecular weight excluding hydrogens is 262 g/mol. The van der Waals surface area contributed by atoms with Gasteiger partial charge in [-0.2, -0.15) is 0 Å². The van der Waals surface area contributed by atoms with E-state index in [4.69, 9.17) is 4.74 Å². The lowest BCUT2D eigenvalue weighted by Gasteiger charge is -2.16. The van der Waals surface area contributed by atoms with Crippen molar-refractivity contribution < 1.29 is 9.53 Å². The van der Waals surface area contributed by atoms with Gasteiger partial charge in [0.25, 0.3) is 0 Å². The molecule has 0 amide bonds. The highest BCUT2D eigenvalue weighted by Gasteiger charge is 2.17. The van der Waals surface area contributed by atoms with Gasteiger partial charge in [0.1, 0.15) is 6.04 Å². The van der Waals surface area contributed by atoms with Crippen LogP contribution < -0.4 is 5.32 Å². The molecule has 2 rings (SSSR count). The summed E-state index contributed by atoms with van der Waals surface area (Å²) in [6.07, 6.45) is 2.91. The minimum absolute atomic E-state index is 0.177. The van der Waals surface area contributed by atoms with Crippen LogP contribution in [0.1, 0.15) is 31.7 Å². The van der Waals surface area contributed by atoms with Crippen molar-refractivity contribution in [2.45, 2.75) is 38.8 Å². The molecule has 2 aromatic rings. The lowest BCUT2D eigenvalue weighted by atomic mass is 10.1. The summed E-state index contributed by atoms with van der Waals surface area (Å²) in [6.45, 7) is 2.80. The van der Waals surface area contributed by atoms with E-state index in [2.05, 4.69) is 42.6 Å². The van der Waals surface area contributed by atoms with Crippen LogP contribution in [-0.2, 0) is 16.1 Å². The fourth-order valence-electron chi connectivity index (χ4n) is 2.44. The highest BCUT2D eigenvalue weighted by molar-refractivity contribution is 5.83. The molecule has 0 bridgehead atoms. The monoisotopic (exact) mass is 285 g/mol. The Morgan fingerprint density at radius 2 is 1.95 bits per heavy atom. The third-order valence-electron chi connectivity index (χ3n) is 3.70. The van der Waals surface area contributed by atoms with Gasteiger partial charge >= 0.3 is 5.97 Å². The number of hydrogen-bond donors (Lipinski definition) is 1. The number of carbonyl (C=O) groups excluding carboxylic acids is 1. The van der Waals surface area contributed by atoms with Gasteiger partial charge in [-0.05, 0) is 28.8 Å². The van der Waals surface area contributed by atoms with Crippen molar-refractivity contribution in [1.82, 2.24) is 5.32 Å². The van der Waals surface area contributed by atoms with Crippen molar-refractivity contribution in [3.05, 3.63) is 48.0 Å².